The van der Waals surface area contributed by atoms with Crippen LogP contribution in [0, 0.1) is 18.3 Å². The average molecular weight is 209 g/mol. The lowest BCUT2D eigenvalue weighted by Crippen LogP contribution is -1.93. The van der Waals surface area contributed by atoms with E-state index in [4.69, 9.17) is 5.26 Å². The molecule has 0 unspecified atom stereocenters. The van der Waals surface area contributed by atoms with Crippen LogP contribution in [0.5, 0.6) is 0 Å². The highest BCUT2D eigenvalue weighted by Gasteiger charge is 1.98. The fraction of sp³-hybridized carbons (Fsp3) is 0.0769. The van der Waals surface area contributed by atoms with Crippen molar-refractivity contribution in [1.82, 2.24) is 9.78 Å². The lowest BCUT2D eigenvalue weighted by molar-refractivity contribution is 0.879. The van der Waals surface area contributed by atoms with Gasteiger partial charge in [0.15, 0.2) is 0 Å². The Bertz CT molecular complexity index is 559. The zero-order valence-electron chi connectivity index (χ0n) is 8.96. The van der Waals surface area contributed by atoms with Crippen LogP contribution in [-0.4, -0.2) is 9.78 Å². The second-order valence-electron chi connectivity index (χ2n) is 3.52. The average Bonchev–Trinajstić information content (AvgIpc) is 2.75. The molecule has 78 valence electrons. The predicted octanol–water partition coefficient (Wildman–Crippen LogP) is 2.72. The molecule has 0 aliphatic carbocycles. The molecule has 0 saturated carbocycles. The Hall–Kier alpha value is -2.34. The number of aryl methyl sites for hydroxylation is 1. The van der Waals surface area contributed by atoms with E-state index in [-0.39, 0.29) is 0 Å². The van der Waals surface area contributed by atoms with Crippen molar-refractivity contribution in [3.8, 4) is 11.8 Å². The molecule has 0 saturated heterocycles. The van der Waals surface area contributed by atoms with Gasteiger partial charge < -0.3 is 0 Å². The van der Waals surface area contributed by atoms with Gasteiger partial charge >= 0.3 is 0 Å². The SMILES string of the molecule is Cc1cccc(-n2cc(C=CC#N)cn2)c1. The van der Waals surface area contributed by atoms with E-state index in [9.17, 15) is 0 Å². The number of nitrogens with zero attached hydrogens (tertiary/aromatic N) is 3. The molecule has 0 atom stereocenters. The third-order valence-corrected chi connectivity index (χ3v) is 2.22. The van der Waals surface area contributed by atoms with E-state index >= 15 is 0 Å². The van der Waals surface area contributed by atoms with E-state index in [1.165, 1.54) is 11.6 Å². The Morgan fingerprint density at radius 3 is 3.06 bits per heavy atom. The third kappa shape index (κ3) is 2.18. The van der Waals surface area contributed by atoms with Crippen molar-refractivity contribution in [3.63, 3.8) is 0 Å². The molecule has 3 nitrogen and oxygen atoms in total. The minimum Gasteiger partial charge on any atom is -0.240 e. The van der Waals surface area contributed by atoms with Gasteiger partial charge in [-0.3, -0.25) is 0 Å². The van der Waals surface area contributed by atoms with Gasteiger partial charge in [-0.2, -0.15) is 10.4 Å². The summed E-state index contributed by atoms with van der Waals surface area (Å²) in [6.07, 6.45) is 6.80. The molecule has 16 heavy (non-hydrogen) atoms. The molecule has 2 aromatic rings. The molecule has 0 aliphatic heterocycles. The molecule has 3 heteroatoms. The fourth-order valence-electron chi connectivity index (χ4n) is 1.47. The van der Waals surface area contributed by atoms with Gasteiger partial charge in [0.25, 0.3) is 0 Å². The number of hydrogen-bond donors (Lipinski definition) is 0. The van der Waals surface area contributed by atoms with Crippen molar-refractivity contribution in [3.05, 3.63) is 53.9 Å². The summed E-state index contributed by atoms with van der Waals surface area (Å²) in [6.45, 7) is 2.05. The first kappa shape index (κ1) is 10.2. The highest BCUT2D eigenvalue weighted by molar-refractivity contribution is 5.50. The van der Waals surface area contributed by atoms with Gasteiger partial charge in [0.05, 0.1) is 18.0 Å². The van der Waals surface area contributed by atoms with Gasteiger partial charge in [0.2, 0.25) is 0 Å². The van der Waals surface area contributed by atoms with E-state index in [0.717, 1.165) is 11.3 Å². The summed E-state index contributed by atoms with van der Waals surface area (Å²) in [5.74, 6) is 0. The molecule has 1 aromatic carbocycles. The molecule has 0 spiro atoms. The first-order chi connectivity index (χ1) is 7.79. The van der Waals surface area contributed by atoms with Gasteiger partial charge in [-0.1, -0.05) is 12.1 Å². The maximum Gasteiger partial charge on any atom is 0.0912 e. The van der Waals surface area contributed by atoms with Gasteiger partial charge in [0.1, 0.15) is 0 Å². The molecular weight excluding hydrogens is 198 g/mol. The Labute approximate surface area is 94.3 Å². The van der Waals surface area contributed by atoms with Crippen LogP contribution in [-0.2, 0) is 0 Å². The van der Waals surface area contributed by atoms with E-state index in [2.05, 4.69) is 11.2 Å². The van der Waals surface area contributed by atoms with E-state index < -0.39 is 0 Å². The predicted molar refractivity (Wildman–Crippen MR) is 62.9 cm³/mol. The van der Waals surface area contributed by atoms with E-state index in [1.807, 2.05) is 37.4 Å². The number of nitriles is 1. The third-order valence-electron chi connectivity index (χ3n) is 2.22. The zero-order chi connectivity index (χ0) is 11.4. The summed E-state index contributed by atoms with van der Waals surface area (Å²) in [4.78, 5) is 0. The first-order valence-electron chi connectivity index (χ1n) is 4.97. The highest BCUT2D eigenvalue weighted by Crippen LogP contribution is 2.10. The Balaban J connectivity index is 2.32. The molecule has 0 radical (unpaired) electrons. The smallest absolute Gasteiger partial charge is 0.0912 e. The number of hydrogen-bond acceptors (Lipinski definition) is 2. The summed E-state index contributed by atoms with van der Waals surface area (Å²) in [5, 5.41) is 12.7. The summed E-state index contributed by atoms with van der Waals surface area (Å²) < 4.78 is 1.80. The lowest BCUT2D eigenvalue weighted by atomic mass is 10.2. The van der Waals surface area contributed by atoms with Crippen LogP contribution >= 0.6 is 0 Å². The van der Waals surface area contributed by atoms with Crippen molar-refractivity contribution in [1.29, 1.82) is 5.26 Å². The number of allylic oxidation sites excluding steroid dienone is 1. The lowest BCUT2D eigenvalue weighted by Gasteiger charge is -2.01. The van der Waals surface area contributed by atoms with Gasteiger partial charge in [-0.05, 0) is 30.7 Å². The summed E-state index contributed by atoms with van der Waals surface area (Å²) in [5.41, 5.74) is 3.14. The van der Waals surface area contributed by atoms with Crippen LogP contribution in [0.4, 0.5) is 0 Å². The van der Waals surface area contributed by atoms with Crippen molar-refractivity contribution >= 4 is 6.08 Å². The molecule has 0 bridgehead atoms. The van der Waals surface area contributed by atoms with Crippen LogP contribution in [0.3, 0.4) is 0 Å². The fourth-order valence-corrected chi connectivity index (χ4v) is 1.47. The topological polar surface area (TPSA) is 41.6 Å². The molecule has 1 heterocycles. The maximum atomic E-state index is 8.42. The number of aromatic nitrogens is 2. The maximum absolute atomic E-state index is 8.42. The molecule has 0 fully saturated rings. The van der Waals surface area contributed by atoms with E-state index in [0.29, 0.717) is 0 Å². The van der Waals surface area contributed by atoms with Crippen molar-refractivity contribution < 1.29 is 0 Å². The van der Waals surface area contributed by atoms with Crippen LogP contribution < -0.4 is 0 Å². The van der Waals surface area contributed by atoms with Crippen LogP contribution in [0.1, 0.15) is 11.1 Å². The summed E-state index contributed by atoms with van der Waals surface area (Å²) >= 11 is 0. The highest BCUT2D eigenvalue weighted by atomic mass is 15.3. The van der Waals surface area contributed by atoms with Crippen LogP contribution in [0.25, 0.3) is 11.8 Å². The molecule has 2 rings (SSSR count). The second kappa shape index (κ2) is 4.45. The van der Waals surface area contributed by atoms with Gasteiger partial charge in [0, 0.05) is 17.8 Å². The standard InChI is InChI=1S/C13H11N3/c1-11-4-2-6-13(8-11)16-10-12(9-15-16)5-3-7-14/h2-6,8-10H,1H3. The molecule has 0 aliphatic rings. The van der Waals surface area contributed by atoms with Gasteiger partial charge in [-0.15, -0.1) is 0 Å². The largest absolute Gasteiger partial charge is 0.240 e. The monoisotopic (exact) mass is 209 g/mol. The number of rotatable bonds is 2. The van der Waals surface area contributed by atoms with E-state index in [1.54, 1.807) is 17.0 Å². The Morgan fingerprint density at radius 2 is 2.31 bits per heavy atom. The molecule has 0 N–H and O–H groups in total. The van der Waals surface area contributed by atoms with Crippen molar-refractivity contribution in [2.45, 2.75) is 6.92 Å². The summed E-state index contributed by atoms with van der Waals surface area (Å²) in [7, 11) is 0. The molecular formula is C13H11N3. The summed E-state index contributed by atoms with van der Waals surface area (Å²) in [6, 6.07) is 10.1. The van der Waals surface area contributed by atoms with Crippen LogP contribution in [0.15, 0.2) is 42.7 Å². The second-order valence-corrected chi connectivity index (χ2v) is 3.52. The van der Waals surface area contributed by atoms with Crippen molar-refractivity contribution in [2.24, 2.45) is 0 Å². The van der Waals surface area contributed by atoms with Crippen molar-refractivity contribution in [2.75, 3.05) is 0 Å². The van der Waals surface area contributed by atoms with Crippen LogP contribution in [0.2, 0.25) is 0 Å². The van der Waals surface area contributed by atoms with Gasteiger partial charge in [-0.25, -0.2) is 4.68 Å². The Kier molecular flexibility index (Phi) is 2.84. The normalized spacial score (nSPS) is 10.5. The Morgan fingerprint density at radius 1 is 1.44 bits per heavy atom. The minimum absolute atomic E-state index is 0.919. The number of benzene rings is 1. The molecule has 0 amide bonds. The zero-order valence-corrected chi connectivity index (χ0v) is 8.96. The minimum atomic E-state index is 0.919. The quantitative estimate of drug-likeness (QED) is 0.713. The molecule has 1 aromatic heterocycles. The first-order valence-corrected chi connectivity index (χ1v) is 4.97.